The molecule has 1 nitrogen and oxygen atoms in total. The van der Waals surface area contributed by atoms with Gasteiger partial charge in [-0.1, -0.05) is 17.7 Å². The molecule has 1 unspecified atom stereocenters. The molecule has 0 aliphatic rings. The van der Waals surface area contributed by atoms with Gasteiger partial charge in [-0.25, -0.2) is 0 Å². The van der Waals surface area contributed by atoms with Crippen LogP contribution in [0, 0.1) is 13.8 Å². The molecule has 84 valence electrons. The number of rotatable bonds is 5. The molecule has 0 aliphatic heterocycles. The van der Waals surface area contributed by atoms with Crippen LogP contribution in [0.2, 0.25) is 0 Å². The number of thioether (sulfide) groups is 1. The first-order valence-electron chi connectivity index (χ1n) is 5.55. The molecule has 1 aromatic rings. The fourth-order valence-electron chi connectivity index (χ4n) is 1.45. The molecular formula is C13H21NS. The van der Waals surface area contributed by atoms with E-state index in [0.29, 0.717) is 6.04 Å². The quantitative estimate of drug-likeness (QED) is 0.610. The van der Waals surface area contributed by atoms with Gasteiger partial charge in [-0.15, -0.1) is 11.8 Å². The van der Waals surface area contributed by atoms with Gasteiger partial charge in [0.1, 0.15) is 0 Å². The molecule has 0 saturated heterocycles. The monoisotopic (exact) mass is 223 g/mol. The van der Waals surface area contributed by atoms with Gasteiger partial charge in [0.05, 0.1) is 0 Å². The van der Waals surface area contributed by atoms with Crippen LogP contribution in [0.15, 0.2) is 23.1 Å². The summed E-state index contributed by atoms with van der Waals surface area (Å²) in [5.74, 6) is 1.17. The summed E-state index contributed by atoms with van der Waals surface area (Å²) >= 11 is 1.95. The van der Waals surface area contributed by atoms with E-state index in [-0.39, 0.29) is 0 Å². The van der Waals surface area contributed by atoms with Gasteiger partial charge < -0.3 is 5.73 Å². The maximum Gasteiger partial charge on any atom is 0.0104 e. The Bertz CT molecular complexity index is 307. The van der Waals surface area contributed by atoms with Crippen molar-refractivity contribution in [1.82, 2.24) is 0 Å². The molecule has 1 rings (SSSR count). The molecule has 0 saturated carbocycles. The van der Waals surface area contributed by atoms with Gasteiger partial charge in [0.15, 0.2) is 0 Å². The van der Waals surface area contributed by atoms with Crippen molar-refractivity contribution in [3.8, 4) is 0 Å². The summed E-state index contributed by atoms with van der Waals surface area (Å²) in [7, 11) is 0. The molecule has 2 heteroatoms. The smallest absolute Gasteiger partial charge is 0.0104 e. The molecule has 0 radical (unpaired) electrons. The van der Waals surface area contributed by atoms with Crippen LogP contribution >= 0.6 is 11.8 Å². The van der Waals surface area contributed by atoms with Crippen LogP contribution in [-0.4, -0.2) is 11.8 Å². The predicted molar refractivity (Wildman–Crippen MR) is 69.5 cm³/mol. The molecule has 0 aromatic heterocycles. The van der Waals surface area contributed by atoms with Crippen molar-refractivity contribution in [1.29, 1.82) is 0 Å². The van der Waals surface area contributed by atoms with Crippen molar-refractivity contribution in [3.63, 3.8) is 0 Å². The first kappa shape index (κ1) is 12.6. The van der Waals surface area contributed by atoms with E-state index in [1.165, 1.54) is 28.2 Å². The molecule has 0 amide bonds. The van der Waals surface area contributed by atoms with Gasteiger partial charge in [-0.3, -0.25) is 0 Å². The second-order valence-electron chi connectivity index (χ2n) is 4.24. The van der Waals surface area contributed by atoms with Crippen LogP contribution in [0.1, 0.15) is 30.9 Å². The number of hydrogen-bond acceptors (Lipinski definition) is 2. The molecule has 0 bridgehead atoms. The minimum absolute atomic E-state index is 0.337. The minimum atomic E-state index is 0.337. The number of nitrogens with two attached hydrogens (primary N) is 1. The average Bonchev–Trinajstić information content (AvgIpc) is 2.17. The molecule has 15 heavy (non-hydrogen) atoms. The predicted octanol–water partition coefficient (Wildman–Crippen LogP) is 3.52. The molecular weight excluding hydrogens is 202 g/mol. The molecule has 1 atom stereocenters. The van der Waals surface area contributed by atoms with Gasteiger partial charge in [0.2, 0.25) is 0 Å². The van der Waals surface area contributed by atoms with E-state index in [1.54, 1.807) is 0 Å². The Morgan fingerprint density at radius 2 is 2.07 bits per heavy atom. The number of benzene rings is 1. The normalized spacial score (nSPS) is 12.8. The Labute approximate surface area is 97.4 Å². The van der Waals surface area contributed by atoms with Crippen LogP contribution in [-0.2, 0) is 0 Å². The number of hydrogen-bond donors (Lipinski definition) is 1. The zero-order chi connectivity index (χ0) is 11.3. The third-order valence-corrected chi connectivity index (χ3v) is 3.65. The lowest BCUT2D eigenvalue weighted by Gasteiger charge is -2.07. The lowest BCUT2D eigenvalue weighted by molar-refractivity contribution is 0.656. The van der Waals surface area contributed by atoms with Gasteiger partial charge >= 0.3 is 0 Å². The van der Waals surface area contributed by atoms with Crippen LogP contribution < -0.4 is 5.73 Å². The Morgan fingerprint density at radius 1 is 1.33 bits per heavy atom. The summed E-state index contributed by atoms with van der Waals surface area (Å²) < 4.78 is 0. The molecule has 2 N–H and O–H groups in total. The van der Waals surface area contributed by atoms with E-state index < -0.39 is 0 Å². The largest absolute Gasteiger partial charge is 0.328 e. The Hall–Kier alpha value is -0.470. The van der Waals surface area contributed by atoms with E-state index in [2.05, 4.69) is 39.0 Å². The summed E-state index contributed by atoms with van der Waals surface area (Å²) in [5, 5.41) is 0. The highest BCUT2D eigenvalue weighted by Gasteiger charge is 2.00. The fourth-order valence-corrected chi connectivity index (χ4v) is 2.55. The van der Waals surface area contributed by atoms with Gasteiger partial charge in [-0.05, 0) is 51.0 Å². The third-order valence-electron chi connectivity index (χ3n) is 2.41. The average molecular weight is 223 g/mol. The number of aryl methyl sites for hydroxylation is 2. The lowest BCUT2D eigenvalue weighted by atomic mass is 10.2. The zero-order valence-electron chi connectivity index (χ0n) is 9.92. The van der Waals surface area contributed by atoms with Crippen molar-refractivity contribution in [2.24, 2.45) is 5.73 Å². The van der Waals surface area contributed by atoms with Crippen LogP contribution in [0.5, 0.6) is 0 Å². The second-order valence-corrected chi connectivity index (χ2v) is 5.37. The van der Waals surface area contributed by atoms with Gasteiger partial charge in [-0.2, -0.15) is 0 Å². The highest BCUT2D eigenvalue weighted by atomic mass is 32.2. The highest BCUT2D eigenvalue weighted by Crippen LogP contribution is 2.24. The van der Waals surface area contributed by atoms with Crippen molar-refractivity contribution < 1.29 is 0 Å². The van der Waals surface area contributed by atoms with Crippen molar-refractivity contribution in [2.75, 3.05) is 5.75 Å². The maximum atomic E-state index is 5.72. The molecule has 1 aromatic carbocycles. The third kappa shape index (κ3) is 4.72. The fraction of sp³-hybridized carbons (Fsp3) is 0.538. The van der Waals surface area contributed by atoms with E-state index in [9.17, 15) is 0 Å². The highest BCUT2D eigenvalue weighted by molar-refractivity contribution is 7.99. The summed E-state index contributed by atoms with van der Waals surface area (Å²) in [6, 6.07) is 6.97. The van der Waals surface area contributed by atoms with E-state index in [0.717, 1.165) is 6.42 Å². The summed E-state index contributed by atoms with van der Waals surface area (Å²) in [4.78, 5) is 1.42. The zero-order valence-corrected chi connectivity index (χ0v) is 10.7. The van der Waals surface area contributed by atoms with E-state index in [1.807, 2.05) is 11.8 Å². The Morgan fingerprint density at radius 3 is 2.73 bits per heavy atom. The Kier molecular flexibility index (Phi) is 5.20. The second kappa shape index (κ2) is 6.19. The lowest BCUT2D eigenvalue weighted by Crippen LogP contribution is -2.14. The maximum absolute atomic E-state index is 5.72. The van der Waals surface area contributed by atoms with Crippen LogP contribution in [0.4, 0.5) is 0 Å². The summed E-state index contributed by atoms with van der Waals surface area (Å²) in [5.41, 5.74) is 8.44. The first-order chi connectivity index (χ1) is 7.09. The molecule has 0 fully saturated rings. The Balaban J connectivity index is 2.40. The van der Waals surface area contributed by atoms with Crippen molar-refractivity contribution in [3.05, 3.63) is 29.3 Å². The summed E-state index contributed by atoms with van der Waals surface area (Å²) in [6.07, 6.45) is 2.33. The van der Waals surface area contributed by atoms with Crippen LogP contribution in [0.25, 0.3) is 0 Å². The SMILES string of the molecule is Cc1ccc(C)c(SCCCC(C)N)c1. The van der Waals surface area contributed by atoms with Crippen LogP contribution in [0.3, 0.4) is 0 Å². The molecule has 0 aliphatic carbocycles. The molecule has 0 heterocycles. The van der Waals surface area contributed by atoms with E-state index in [4.69, 9.17) is 5.73 Å². The standard InChI is InChI=1S/C13H21NS/c1-10-6-7-11(2)13(9-10)15-8-4-5-12(3)14/h6-7,9,12H,4-5,8,14H2,1-3H3. The minimum Gasteiger partial charge on any atom is -0.328 e. The van der Waals surface area contributed by atoms with Crippen molar-refractivity contribution >= 4 is 11.8 Å². The van der Waals surface area contributed by atoms with Gasteiger partial charge in [0, 0.05) is 10.9 Å². The topological polar surface area (TPSA) is 26.0 Å². The van der Waals surface area contributed by atoms with E-state index >= 15 is 0 Å². The van der Waals surface area contributed by atoms with Gasteiger partial charge in [0.25, 0.3) is 0 Å². The molecule has 0 spiro atoms. The summed E-state index contributed by atoms with van der Waals surface area (Å²) in [6.45, 7) is 6.39. The first-order valence-corrected chi connectivity index (χ1v) is 6.54. The van der Waals surface area contributed by atoms with Crippen molar-refractivity contribution in [2.45, 2.75) is 44.6 Å².